The van der Waals surface area contributed by atoms with Crippen LogP contribution in [0.5, 0.6) is 11.5 Å². The molecular weight excluding hydrogens is 308 g/mol. The Hall–Kier alpha value is -1.93. The lowest BCUT2D eigenvalue weighted by atomic mass is 10.2. The van der Waals surface area contributed by atoms with Crippen LogP contribution in [0.3, 0.4) is 0 Å². The maximum atomic E-state index is 5.55. The number of thiazole rings is 1. The van der Waals surface area contributed by atoms with Crippen molar-refractivity contribution < 1.29 is 9.47 Å². The molecule has 0 aliphatic rings. The van der Waals surface area contributed by atoms with Gasteiger partial charge in [-0.2, -0.15) is 5.10 Å². The third-order valence-corrected chi connectivity index (χ3v) is 4.15. The summed E-state index contributed by atoms with van der Waals surface area (Å²) in [7, 11) is 3.26. The normalized spacial score (nSPS) is 10.8. The maximum absolute atomic E-state index is 5.55. The molecule has 0 aliphatic carbocycles. The predicted octanol–water partition coefficient (Wildman–Crippen LogP) is 2.91. The van der Waals surface area contributed by atoms with E-state index in [1.165, 1.54) is 11.3 Å². The smallest absolute Gasteiger partial charge is 0.205 e. The van der Waals surface area contributed by atoms with E-state index in [1.54, 1.807) is 37.6 Å². The minimum absolute atomic E-state index is 0.473. The number of nitrogen functional groups attached to an aromatic ring is 1. The van der Waals surface area contributed by atoms with E-state index in [4.69, 9.17) is 15.2 Å². The van der Waals surface area contributed by atoms with Gasteiger partial charge in [-0.1, -0.05) is 0 Å². The van der Waals surface area contributed by atoms with Gasteiger partial charge in [-0.25, -0.2) is 4.98 Å². The number of nitrogens with one attached hydrogen (secondary N) is 1. The molecule has 1 heterocycles. The zero-order valence-electron chi connectivity index (χ0n) is 11.9. The van der Waals surface area contributed by atoms with Crippen LogP contribution in [0.15, 0.2) is 27.5 Å². The summed E-state index contributed by atoms with van der Waals surface area (Å²) in [5, 5.41) is 6.52. The Morgan fingerprint density at radius 3 is 2.67 bits per heavy atom. The van der Waals surface area contributed by atoms with Crippen LogP contribution in [-0.2, 0) is 0 Å². The lowest BCUT2D eigenvalue weighted by Crippen LogP contribution is -1.97. The van der Waals surface area contributed by atoms with Crippen molar-refractivity contribution in [1.82, 2.24) is 4.98 Å². The van der Waals surface area contributed by atoms with Crippen LogP contribution in [0, 0.1) is 0 Å². The van der Waals surface area contributed by atoms with Crippen molar-refractivity contribution in [2.24, 2.45) is 5.10 Å². The first kappa shape index (κ1) is 15.5. The number of hydrogen-bond acceptors (Lipinski definition) is 8. The molecule has 1 aromatic heterocycles. The summed E-state index contributed by atoms with van der Waals surface area (Å²) < 4.78 is 10.7. The number of hydrogen-bond donors (Lipinski definition) is 2. The van der Waals surface area contributed by atoms with Crippen LogP contribution in [0.4, 0.5) is 10.9 Å². The van der Waals surface area contributed by atoms with E-state index in [0.29, 0.717) is 10.9 Å². The van der Waals surface area contributed by atoms with E-state index >= 15 is 0 Å². The van der Waals surface area contributed by atoms with Crippen molar-refractivity contribution in [2.45, 2.75) is 4.90 Å². The molecule has 3 N–H and O–H groups in total. The van der Waals surface area contributed by atoms with Crippen LogP contribution in [-0.4, -0.2) is 31.7 Å². The molecule has 0 amide bonds. The Bertz CT molecular complexity index is 643. The van der Waals surface area contributed by atoms with Crippen LogP contribution < -0.4 is 20.6 Å². The summed E-state index contributed by atoms with van der Waals surface area (Å²) in [6.45, 7) is 0. The fraction of sp³-hybridized carbons (Fsp3) is 0.231. The molecule has 0 radical (unpaired) electrons. The first-order valence-electron chi connectivity index (χ1n) is 5.98. The van der Waals surface area contributed by atoms with Crippen LogP contribution in [0.1, 0.15) is 5.56 Å². The Balaban J connectivity index is 2.21. The number of rotatable bonds is 6. The topological polar surface area (TPSA) is 81.8 Å². The van der Waals surface area contributed by atoms with Gasteiger partial charge in [-0.05, 0) is 18.4 Å². The highest BCUT2D eigenvalue weighted by molar-refractivity contribution is 7.98. The van der Waals surface area contributed by atoms with Gasteiger partial charge >= 0.3 is 0 Å². The molecule has 0 saturated carbocycles. The second kappa shape index (κ2) is 7.19. The number of anilines is 2. The van der Waals surface area contributed by atoms with E-state index in [9.17, 15) is 0 Å². The van der Waals surface area contributed by atoms with Crippen LogP contribution >= 0.6 is 23.1 Å². The SMILES string of the molecule is COc1cc(SC)c(OC)cc1C=NNc1nc(N)cs1. The molecule has 0 aliphatic heterocycles. The van der Waals surface area contributed by atoms with Crippen LogP contribution in [0.2, 0.25) is 0 Å². The number of benzene rings is 1. The molecule has 0 atom stereocenters. The van der Waals surface area contributed by atoms with Gasteiger partial charge in [-0.3, -0.25) is 5.43 Å². The second-order valence-corrected chi connectivity index (χ2v) is 5.60. The average molecular weight is 324 g/mol. The summed E-state index contributed by atoms with van der Waals surface area (Å²) in [6.07, 6.45) is 3.64. The van der Waals surface area contributed by atoms with E-state index in [-0.39, 0.29) is 0 Å². The minimum Gasteiger partial charge on any atom is -0.496 e. The minimum atomic E-state index is 0.473. The van der Waals surface area contributed by atoms with Crippen LogP contribution in [0.25, 0.3) is 0 Å². The predicted molar refractivity (Wildman–Crippen MR) is 89.1 cm³/mol. The van der Waals surface area contributed by atoms with Crippen molar-refractivity contribution in [2.75, 3.05) is 31.6 Å². The summed E-state index contributed by atoms with van der Waals surface area (Å²) in [6, 6.07) is 3.80. The summed E-state index contributed by atoms with van der Waals surface area (Å²) >= 11 is 2.98. The molecule has 0 spiro atoms. The number of methoxy groups -OCH3 is 2. The van der Waals surface area contributed by atoms with Gasteiger partial charge in [0.2, 0.25) is 5.13 Å². The first-order valence-corrected chi connectivity index (χ1v) is 8.08. The Kier molecular flexibility index (Phi) is 5.29. The molecule has 2 rings (SSSR count). The van der Waals surface area contributed by atoms with Gasteiger partial charge in [0.25, 0.3) is 0 Å². The third kappa shape index (κ3) is 3.79. The van der Waals surface area contributed by atoms with Gasteiger partial charge in [-0.15, -0.1) is 23.1 Å². The number of hydrazone groups is 1. The summed E-state index contributed by atoms with van der Waals surface area (Å²) in [5.41, 5.74) is 9.18. The van der Waals surface area contributed by atoms with Gasteiger partial charge in [0, 0.05) is 10.9 Å². The Morgan fingerprint density at radius 2 is 2.10 bits per heavy atom. The molecule has 1 aromatic carbocycles. The number of aromatic nitrogens is 1. The molecule has 6 nitrogen and oxygen atoms in total. The average Bonchev–Trinajstić information content (AvgIpc) is 2.92. The molecule has 112 valence electrons. The molecule has 0 bridgehead atoms. The van der Waals surface area contributed by atoms with E-state index in [1.807, 2.05) is 18.4 Å². The lowest BCUT2D eigenvalue weighted by molar-refractivity contribution is 0.394. The lowest BCUT2D eigenvalue weighted by Gasteiger charge is -2.11. The van der Waals surface area contributed by atoms with Crippen molar-refractivity contribution in [3.63, 3.8) is 0 Å². The number of nitrogens with two attached hydrogens (primary N) is 1. The molecule has 21 heavy (non-hydrogen) atoms. The fourth-order valence-corrected chi connectivity index (χ4v) is 2.77. The second-order valence-electron chi connectivity index (χ2n) is 3.90. The molecule has 0 fully saturated rings. The number of nitrogens with zero attached hydrogens (tertiary/aromatic N) is 2. The van der Waals surface area contributed by atoms with Gasteiger partial charge in [0.15, 0.2) is 0 Å². The van der Waals surface area contributed by atoms with E-state index in [2.05, 4.69) is 15.5 Å². The molecule has 8 heteroatoms. The highest BCUT2D eigenvalue weighted by atomic mass is 32.2. The summed E-state index contributed by atoms with van der Waals surface area (Å²) in [5.74, 6) is 1.98. The first-order chi connectivity index (χ1) is 10.2. The third-order valence-electron chi connectivity index (χ3n) is 2.62. The monoisotopic (exact) mass is 324 g/mol. The fourth-order valence-electron chi connectivity index (χ4n) is 1.65. The summed E-state index contributed by atoms with van der Waals surface area (Å²) in [4.78, 5) is 5.06. The van der Waals surface area contributed by atoms with E-state index in [0.717, 1.165) is 22.0 Å². The van der Waals surface area contributed by atoms with E-state index < -0.39 is 0 Å². The zero-order chi connectivity index (χ0) is 15.2. The maximum Gasteiger partial charge on any atom is 0.205 e. The quantitative estimate of drug-likeness (QED) is 0.483. The number of ether oxygens (including phenoxy) is 2. The van der Waals surface area contributed by atoms with Crippen molar-refractivity contribution in [3.8, 4) is 11.5 Å². The largest absolute Gasteiger partial charge is 0.496 e. The zero-order valence-corrected chi connectivity index (χ0v) is 13.5. The number of thioether (sulfide) groups is 1. The van der Waals surface area contributed by atoms with Gasteiger partial charge in [0.05, 0.1) is 25.3 Å². The highest BCUT2D eigenvalue weighted by Gasteiger charge is 2.09. The van der Waals surface area contributed by atoms with Crippen molar-refractivity contribution >= 4 is 40.3 Å². The van der Waals surface area contributed by atoms with Crippen molar-refractivity contribution in [1.29, 1.82) is 0 Å². The van der Waals surface area contributed by atoms with Gasteiger partial charge < -0.3 is 15.2 Å². The van der Waals surface area contributed by atoms with Gasteiger partial charge in [0.1, 0.15) is 17.3 Å². The molecule has 0 unspecified atom stereocenters. The molecular formula is C13H16N4O2S2. The Labute approximate surface area is 131 Å². The highest BCUT2D eigenvalue weighted by Crippen LogP contribution is 2.33. The Morgan fingerprint density at radius 1 is 1.33 bits per heavy atom. The van der Waals surface area contributed by atoms with Crippen molar-refractivity contribution in [3.05, 3.63) is 23.1 Å². The standard InChI is InChI=1S/C13H16N4O2S2/c1-18-9-5-11(20-3)10(19-2)4-8(9)6-15-17-13-16-12(14)7-21-13/h4-7H,14H2,1-3H3,(H,16,17). The molecule has 2 aromatic rings. The molecule has 0 saturated heterocycles.